The lowest BCUT2D eigenvalue weighted by molar-refractivity contribution is 0.0940. The van der Waals surface area contributed by atoms with Gasteiger partial charge in [-0.1, -0.05) is 19.8 Å². The molecule has 146 valence electrons. The highest BCUT2D eigenvalue weighted by Crippen LogP contribution is 2.25. The van der Waals surface area contributed by atoms with E-state index in [1.54, 1.807) is 12.3 Å². The van der Waals surface area contributed by atoms with Crippen LogP contribution >= 0.6 is 0 Å². The Morgan fingerprint density at radius 1 is 1.21 bits per heavy atom. The van der Waals surface area contributed by atoms with Gasteiger partial charge in [0, 0.05) is 25.1 Å². The molecule has 0 aliphatic rings. The number of amides is 1. The van der Waals surface area contributed by atoms with Crippen molar-refractivity contribution in [2.24, 2.45) is 0 Å². The number of anilines is 2. The van der Waals surface area contributed by atoms with Crippen LogP contribution in [0.1, 0.15) is 43.6 Å². The largest absolute Gasteiger partial charge is 0.368 e. The second-order valence-corrected chi connectivity index (χ2v) is 6.86. The van der Waals surface area contributed by atoms with Gasteiger partial charge in [0.1, 0.15) is 11.2 Å². The number of nitrogens with one attached hydrogen (secondary N) is 2. The molecule has 3 aromatic rings. The molecule has 0 fully saturated rings. The first-order valence-electron chi connectivity index (χ1n) is 9.21. The van der Waals surface area contributed by atoms with Crippen LogP contribution in [-0.2, 0) is 0 Å². The average molecular weight is 380 g/mol. The number of nitrogens with zero attached hydrogens (tertiary/aromatic N) is 5. The Kier molecular flexibility index (Phi) is 5.93. The van der Waals surface area contributed by atoms with Crippen LogP contribution in [0.4, 0.5) is 11.8 Å². The SMILES string of the molecule is CCCCC(C)(CNC(=O)c1cnccn1)Nc1nc(N)nc2cccnc12. The van der Waals surface area contributed by atoms with E-state index in [2.05, 4.69) is 42.5 Å². The number of nitrogen functional groups attached to an aromatic ring is 1. The lowest BCUT2D eigenvalue weighted by atomic mass is 9.94. The molecule has 0 aliphatic carbocycles. The number of carbonyl (C=O) groups excluding carboxylic acids is 1. The number of rotatable bonds is 8. The highest BCUT2D eigenvalue weighted by molar-refractivity contribution is 5.92. The molecule has 3 heterocycles. The fourth-order valence-electron chi connectivity index (χ4n) is 2.90. The van der Waals surface area contributed by atoms with Crippen LogP contribution < -0.4 is 16.4 Å². The molecule has 4 N–H and O–H groups in total. The minimum atomic E-state index is -0.459. The summed E-state index contributed by atoms with van der Waals surface area (Å²) in [6.45, 7) is 4.53. The van der Waals surface area contributed by atoms with E-state index in [4.69, 9.17) is 5.73 Å². The molecule has 0 bridgehead atoms. The lowest BCUT2D eigenvalue weighted by Crippen LogP contribution is -2.47. The molecular formula is C19H24N8O. The summed E-state index contributed by atoms with van der Waals surface area (Å²) in [7, 11) is 0. The van der Waals surface area contributed by atoms with E-state index in [0.717, 1.165) is 19.3 Å². The van der Waals surface area contributed by atoms with Gasteiger partial charge in [0.25, 0.3) is 5.91 Å². The van der Waals surface area contributed by atoms with Crippen molar-refractivity contribution in [1.82, 2.24) is 30.2 Å². The molecule has 0 spiro atoms. The lowest BCUT2D eigenvalue weighted by Gasteiger charge is -2.32. The molecule has 3 rings (SSSR count). The first-order valence-corrected chi connectivity index (χ1v) is 9.21. The van der Waals surface area contributed by atoms with Crippen molar-refractivity contribution in [3.8, 4) is 0 Å². The Morgan fingerprint density at radius 2 is 2.07 bits per heavy atom. The number of carbonyl (C=O) groups is 1. The van der Waals surface area contributed by atoms with Crippen LogP contribution in [0.3, 0.4) is 0 Å². The van der Waals surface area contributed by atoms with Gasteiger partial charge in [-0.3, -0.25) is 14.8 Å². The number of fused-ring (bicyclic) bond motifs is 1. The number of aromatic nitrogens is 5. The van der Waals surface area contributed by atoms with E-state index in [0.29, 0.717) is 23.4 Å². The third kappa shape index (κ3) is 4.67. The second kappa shape index (κ2) is 8.55. The normalized spacial score (nSPS) is 13.1. The number of pyridine rings is 1. The van der Waals surface area contributed by atoms with Gasteiger partial charge in [0.2, 0.25) is 5.95 Å². The topological polar surface area (TPSA) is 132 Å². The van der Waals surface area contributed by atoms with Gasteiger partial charge in [-0.2, -0.15) is 4.98 Å². The van der Waals surface area contributed by atoms with Gasteiger partial charge in [0.15, 0.2) is 5.82 Å². The van der Waals surface area contributed by atoms with Gasteiger partial charge in [-0.05, 0) is 25.5 Å². The van der Waals surface area contributed by atoms with Crippen LogP contribution in [0, 0.1) is 0 Å². The van der Waals surface area contributed by atoms with Crippen molar-refractivity contribution in [3.05, 3.63) is 42.6 Å². The molecular weight excluding hydrogens is 356 g/mol. The smallest absolute Gasteiger partial charge is 0.271 e. The van der Waals surface area contributed by atoms with Gasteiger partial charge in [-0.25, -0.2) is 9.97 Å². The van der Waals surface area contributed by atoms with E-state index in [9.17, 15) is 4.79 Å². The van der Waals surface area contributed by atoms with Crippen molar-refractivity contribution in [2.75, 3.05) is 17.6 Å². The minimum absolute atomic E-state index is 0.171. The van der Waals surface area contributed by atoms with E-state index in [-0.39, 0.29) is 17.5 Å². The monoisotopic (exact) mass is 380 g/mol. The van der Waals surface area contributed by atoms with E-state index in [1.165, 1.54) is 18.6 Å². The zero-order valence-corrected chi connectivity index (χ0v) is 16.0. The highest BCUT2D eigenvalue weighted by Gasteiger charge is 2.26. The third-order valence-electron chi connectivity index (χ3n) is 4.41. The molecule has 3 aromatic heterocycles. The van der Waals surface area contributed by atoms with Crippen LogP contribution in [-0.4, -0.2) is 42.9 Å². The minimum Gasteiger partial charge on any atom is -0.368 e. The summed E-state index contributed by atoms with van der Waals surface area (Å²) in [6, 6.07) is 3.64. The van der Waals surface area contributed by atoms with Gasteiger partial charge in [-0.15, -0.1) is 0 Å². The number of hydrogen-bond acceptors (Lipinski definition) is 8. The predicted molar refractivity (Wildman–Crippen MR) is 108 cm³/mol. The molecule has 0 saturated carbocycles. The molecule has 1 amide bonds. The first kappa shape index (κ1) is 19.4. The van der Waals surface area contributed by atoms with E-state index >= 15 is 0 Å². The fraction of sp³-hybridized carbons (Fsp3) is 0.368. The number of unbranched alkanes of at least 4 members (excludes halogenated alkanes) is 1. The molecule has 0 saturated heterocycles. The summed E-state index contributed by atoms with van der Waals surface area (Å²) < 4.78 is 0. The maximum atomic E-state index is 12.4. The molecule has 0 radical (unpaired) electrons. The van der Waals surface area contributed by atoms with Crippen LogP contribution in [0.15, 0.2) is 36.9 Å². The van der Waals surface area contributed by atoms with Crippen molar-refractivity contribution in [2.45, 2.75) is 38.6 Å². The van der Waals surface area contributed by atoms with Crippen LogP contribution in [0.25, 0.3) is 11.0 Å². The summed E-state index contributed by atoms with van der Waals surface area (Å²) in [5.74, 6) is 0.447. The quantitative estimate of drug-likeness (QED) is 0.542. The Labute approximate surface area is 163 Å². The van der Waals surface area contributed by atoms with Crippen molar-refractivity contribution in [1.29, 1.82) is 0 Å². The van der Waals surface area contributed by atoms with Crippen LogP contribution in [0.2, 0.25) is 0 Å². The standard InChI is InChI=1S/C19H24N8O/c1-3-4-7-19(2,12-24-17(28)14-11-21-9-10-22-14)27-16-15-13(6-5-8-23-15)25-18(20)26-16/h5-6,8-11H,3-4,7,12H2,1-2H3,(H,24,28)(H3,20,25,26,27). The maximum Gasteiger partial charge on any atom is 0.271 e. The summed E-state index contributed by atoms with van der Waals surface area (Å²) in [4.78, 5) is 33.3. The van der Waals surface area contributed by atoms with E-state index < -0.39 is 5.54 Å². The van der Waals surface area contributed by atoms with Crippen LogP contribution in [0.5, 0.6) is 0 Å². The summed E-state index contributed by atoms with van der Waals surface area (Å²) >= 11 is 0. The van der Waals surface area contributed by atoms with Gasteiger partial charge >= 0.3 is 0 Å². The molecule has 0 aliphatic heterocycles. The average Bonchev–Trinajstić information content (AvgIpc) is 2.71. The molecule has 9 heteroatoms. The number of hydrogen-bond donors (Lipinski definition) is 3. The van der Waals surface area contributed by atoms with Crippen molar-refractivity contribution in [3.63, 3.8) is 0 Å². The molecule has 9 nitrogen and oxygen atoms in total. The summed E-state index contributed by atoms with van der Waals surface area (Å²) in [5, 5.41) is 6.37. The van der Waals surface area contributed by atoms with Gasteiger partial charge < -0.3 is 16.4 Å². The molecule has 1 atom stereocenters. The van der Waals surface area contributed by atoms with Gasteiger partial charge in [0.05, 0.1) is 17.3 Å². The first-order chi connectivity index (χ1) is 13.5. The van der Waals surface area contributed by atoms with Crippen molar-refractivity contribution >= 4 is 28.7 Å². The highest BCUT2D eigenvalue weighted by atomic mass is 16.1. The zero-order chi connectivity index (χ0) is 20.0. The second-order valence-electron chi connectivity index (χ2n) is 6.86. The Bertz CT molecular complexity index is 949. The number of nitrogens with two attached hydrogens (primary N) is 1. The Morgan fingerprint density at radius 3 is 2.82 bits per heavy atom. The van der Waals surface area contributed by atoms with Crippen molar-refractivity contribution < 1.29 is 4.79 Å². The maximum absolute atomic E-state index is 12.4. The molecule has 0 aromatic carbocycles. The zero-order valence-electron chi connectivity index (χ0n) is 16.0. The fourth-order valence-corrected chi connectivity index (χ4v) is 2.90. The summed E-state index contributed by atoms with van der Waals surface area (Å²) in [6.07, 6.45) is 8.98. The third-order valence-corrected chi connectivity index (χ3v) is 4.41. The molecule has 28 heavy (non-hydrogen) atoms. The summed E-state index contributed by atoms with van der Waals surface area (Å²) in [5.41, 5.74) is 6.99. The molecule has 1 unspecified atom stereocenters. The Balaban J connectivity index is 1.82. The Hall–Kier alpha value is -3.36. The predicted octanol–water partition coefficient (Wildman–Crippen LogP) is 2.19. The van der Waals surface area contributed by atoms with E-state index in [1.807, 2.05) is 13.0 Å².